The summed E-state index contributed by atoms with van der Waals surface area (Å²) >= 11 is 0. The number of likely N-dealkylation sites (N-methyl/N-ethyl adjacent to an activating group) is 1. The Morgan fingerprint density at radius 1 is 0.800 bits per heavy atom. The van der Waals surface area contributed by atoms with Gasteiger partial charge in [0.1, 0.15) is 0 Å². The van der Waals surface area contributed by atoms with Crippen molar-refractivity contribution in [2.24, 2.45) is 0 Å². The van der Waals surface area contributed by atoms with Crippen molar-refractivity contribution in [2.45, 2.75) is 25.9 Å². The number of ketones is 1. The Morgan fingerprint density at radius 3 is 1.90 bits per heavy atom. The summed E-state index contributed by atoms with van der Waals surface area (Å²) in [6.07, 6.45) is 0.473. The van der Waals surface area contributed by atoms with Crippen LogP contribution < -0.4 is 5.32 Å². The molecule has 0 aliphatic rings. The number of nitrogens with one attached hydrogen (secondary N) is 1. The van der Waals surface area contributed by atoms with Crippen LogP contribution in [0.5, 0.6) is 0 Å². The fraction of sp³-hybridized carbons (Fsp3) is 0.231. The van der Waals surface area contributed by atoms with E-state index >= 15 is 0 Å². The van der Waals surface area contributed by atoms with E-state index in [-0.39, 0.29) is 18.2 Å². The summed E-state index contributed by atoms with van der Waals surface area (Å²) < 4.78 is 0. The number of amides is 1. The molecular weight excluding hydrogens is 372 g/mol. The zero-order valence-corrected chi connectivity index (χ0v) is 17.3. The Kier molecular flexibility index (Phi) is 7.93. The molecule has 0 fully saturated rings. The van der Waals surface area contributed by atoms with Crippen LogP contribution in [0.3, 0.4) is 0 Å². The zero-order valence-electron chi connectivity index (χ0n) is 17.3. The van der Waals surface area contributed by atoms with Crippen molar-refractivity contribution in [3.8, 4) is 0 Å². The highest BCUT2D eigenvalue weighted by Crippen LogP contribution is 2.09. The van der Waals surface area contributed by atoms with E-state index in [4.69, 9.17) is 0 Å². The van der Waals surface area contributed by atoms with E-state index in [1.54, 1.807) is 12.1 Å². The quantitative estimate of drug-likeness (QED) is 0.557. The molecule has 0 aliphatic carbocycles. The van der Waals surface area contributed by atoms with Gasteiger partial charge in [-0.15, -0.1) is 0 Å². The van der Waals surface area contributed by atoms with E-state index in [9.17, 15) is 9.59 Å². The molecule has 1 atom stereocenters. The first-order valence-electron chi connectivity index (χ1n) is 10.3. The van der Waals surface area contributed by atoms with Crippen LogP contribution >= 0.6 is 0 Å². The molecule has 0 bridgehead atoms. The SMILES string of the molecule is CCN(CC(=O)C(Cc1ccccc1)NC(=O)c1ccccc1)Cc1ccccc1. The lowest BCUT2D eigenvalue weighted by Crippen LogP contribution is -2.46. The maximum Gasteiger partial charge on any atom is 0.251 e. The monoisotopic (exact) mass is 400 g/mol. The maximum atomic E-state index is 13.2. The van der Waals surface area contributed by atoms with Crippen molar-refractivity contribution < 1.29 is 9.59 Å². The van der Waals surface area contributed by atoms with Gasteiger partial charge in [-0.05, 0) is 36.2 Å². The third-order valence-corrected chi connectivity index (χ3v) is 5.09. The first-order chi connectivity index (χ1) is 14.7. The molecule has 0 saturated carbocycles. The number of hydrogen-bond donors (Lipinski definition) is 1. The highest BCUT2D eigenvalue weighted by molar-refractivity contribution is 5.98. The number of carbonyl (C=O) groups is 2. The molecule has 3 aromatic carbocycles. The summed E-state index contributed by atoms with van der Waals surface area (Å²) in [5, 5.41) is 2.96. The third-order valence-electron chi connectivity index (χ3n) is 5.09. The van der Waals surface area contributed by atoms with Crippen molar-refractivity contribution in [3.63, 3.8) is 0 Å². The first kappa shape index (κ1) is 21.5. The van der Waals surface area contributed by atoms with Gasteiger partial charge in [0.25, 0.3) is 5.91 Å². The van der Waals surface area contributed by atoms with Gasteiger partial charge in [-0.3, -0.25) is 14.5 Å². The zero-order chi connectivity index (χ0) is 21.2. The first-order valence-corrected chi connectivity index (χ1v) is 10.3. The number of nitrogens with zero attached hydrogens (tertiary/aromatic N) is 1. The van der Waals surface area contributed by atoms with E-state index in [1.807, 2.05) is 73.7 Å². The molecule has 1 unspecified atom stereocenters. The van der Waals surface area contributed by atoms with Gasteiger partial charge in [0.15, 0.2) is 5.78 Å². The average molecular weight is 401 g/mol. The molecule has 0 aliphatic heterocycles. The van der Waals surface area contributed by atoms with Gasteiger partial charge in [-0.1, -0.05) is 85.8 Å². The highest BCUT2D eigenvalue weighted by Gasteiger charge is 2.23. The Labute approximate surface area is 178 Å². The second-order valence-electron chi connectivity index (χ2n) is 7.34. The number of Topliss-reactive ketones (excluding diaryl/α,β-unsaturated/α-hetero) is 1. The molecule has 0 aromatic heterocycles. The molecule has 4 heteroatoms. The minimum absolute atomic E-state index is 0.0147. The maximum absolute atomic E-state index is 13.2. The molecule has 1 amide bonds. The Morgan fingerprint density at radius 2 is 1.33 bits per heavy atom. The summed E-state index contributed by atoms with van der Waals surface area (Å²) in [5.41, 5.74) is 2.75. The molecule has 0 saturated heterocycles. The second-order valence-corrected chi connectivity index (χ2v) is 7.34. The Hall–Kier alpha value is -3.24. The van der Waals surface area contributed by atoms with E-state index in [2.05, 4.69) is 22.3 Å². The molecule has 4 nitrogen and oxygen atoms in total. The van der Waals surface area contributed by atoms with Gasteiger partial charge in [0.05, 0.1) is 12.6 Å². The lowest BCUT2D eigenvalue weighted by Gasteiger charge is -2.24. The van der Waals surface area contributed by atoms with Gasteiger partial charge in [0, 0.05) is 12.1 Å². The van der Waals surface area contributed by atoms with Crippen LogP contribution in [0.4, 0.5) is 0 Å². The number of rotatable bonds is 10. The highest BCUT2D eigenvalue weighted by atomic mass is 16.2. The molecule has 0 spiro atoms. The number of carbonyl (C=O) groups excluding carboxylic acids is 2. The minimum Gasteiger partial charge on any atom is -0.342 e. The van der Waals surface area contributed by atoms with Gasteiger partial charge in [-0.25, -0.2) is 0 Å². The summed E-state index contributed by atoms with van der Waals surface area (Å²) in [6, 6.07) is 28.4. The van der Waals surface area contributed by atoms with Crippen LogP contribution in [-0.2, 0) is 17.8 Å². The predicted octanol–water partition coefficient (Wildman–Crippen LogP) is 4.12. The Balaban J connectivity index is 1.72. The standard InChI is InChI=1S/C26H28N2O2/c1-2-28(19-22-14-8-4-9-15-22)20-25(29)24(18-21-12-6-3-7-13-21)27-26(30)23-16-10-5-11-17-23/h3-17,24H,2,18-20H2,1H3,(H,27,30). The fourth-order valence-electron chi connectivity index (χ4n) is 3.38. The van der Waals surface area contributed by atoms with Crippen LogP contribution in [0, 0.1) is 0 Å². The van der Waals surface area contributed by atoms with Gasteiger partial charge >= 0.3 is 0 Å². The smallest absolute Gasteiger partial charge is 0.251 e. The second kappa shape index (κ2) is 11.1. The number of benzene rings is 3. The minimum atomic E-state index is -0.579. The number of hydrogen-bond acceptors (Lipinski definition) is 3. The summed E-state index contributed by atoms with van der Waals surface area (Å²) in [5.74, 6) is -0.211. The topological polar surface area (TPSA) is 49.4 Å². The largest absolute Gasteiger partial charge is 0.342 e. The molecule has 0 heterocycles. The molecule has 3 rings (SSSR count). The summed E-state index contributed by atoms with van der Waals surface area (Å²) in [7, 11) is 0. The lowest BCUT2D eigenvalue weighted by molar-refractivity contribution is -0.122. The molecule has 1 N–H and O–H groups in total. The average Bonchev–Trinajstić information content (AvgIpc) is 2.80. The predicted molar refractivity (Wildman–Crippen MR) is 120 cm³/mol. The molecule has 0 radical (unpaired) electrons. The Bertz CT molecular complexity index is 927. The summed E-state index contributed by atoms with van der Waals surface area (Å²) in [4.78, 5) is 28.0. The fourth-order valence-corrected chi connectivity index (χ4v) is 3.38. The van der Waals surface area contributed by atoms with Crippen molar-refractivity contribution >= 4 is 11.7 Å². The molecule has 3 aromatic rings. The van der Waals surface area contributed by atoms with Crippen LogP contribution in [-0.4, -0.2) is 35.7 Å². The van der Waals surface area contributed by atoms with Crippen LogP contribution in [0.1, 0.15) is 28.4 Å². The van der Waals surface area contributed by atoms with E-state index < -0.39 is 6.04 Å². The van der Waals surface area contributed by atoms with Crippen molar-refractivity contribution in [3.05, 3.63) is 108 Å². The van der Waals surface area contributed by atoms with Crippen molar-refractivity contribution in [2.75, 3.05) is 13.1 Å². The van der Waals surface area contributed by atoms with E-state index in [0.29, 0.717) is 18.5 Å². The van der Waals surface area contributed by atoms with Crippen LogP contribution in [0.25, 0.3) is 0 Å². The normalized spacial score (nSPS) is 11.8. The van der Waals surface area contributed by atoms with E-state index in [1.165, 1.54) is 5.56 Å². The van der Waals surface area contributed by atoms with E-state index in [0.717, 1.165) is 12.1 Å². The van der Waals surface area contributed by atoms with Crippen molar-refractivity contribution in [1.29, 1.82) is 0 Å². The molecule has 154 valence electrons. The third kappa shape index (κ3) is 6.39. The van der Waals surface area contributed by atoms with Gasteiger partial charge < -0.3 is 5.32 Å². The van der Waals surface area contributed by atoms with Gasteiger partial charge in [0.2, 0.25) is 0 Å². The lowest BCUT2D eigenvalue weighted by atomic mass is 10.0. The van der Waals surface area contributed by atoms with Crippen LogP contribution in [0.2, 0.25) is 0 Å². The van der Waals surface area contributed by atoms with Gasteiger partial charge in [-0.2, -0.15) is 0 Å². The molecular formula is C26H28N2O2. The summed E-state index contributed by atoms with van der Waals surface area (Å²) in [6.45, 7) is 3.79. The van der Waals surface area contributed by atoms with Crippen molar-refractivity contribution in [1.82, 2.24) is 10.2 Å². The van der Waals surface area contributed by atoms with Crippen LogP contribution in [0.15, 0.2) is 91.0 Å². The molecule has 30 heavy (non-hydrogen) atoms.